The molecule has 0 spiro atoms. The van der Waals surface area contributed by atoms with Crippen molar-refractivity contribution in [2.24, 2.45) is 0 Å². The molecule has 0 aliphatic carbocycles. The van der Waals surface area contributed by atoms with E-state index in [0.717, 1.165) is 11.3 Å². The third-order valence-electron chi connectivity index (χ3n) is 4.34. The lowest BCUT2D eigenvalue weighted by Gasteiger charge is -2.26. The van der Waals surface area contributed by atoms with Crippen molar-refractivity contribution in [3.8, 4) is 11.5 Å². The second-order valence-corrected chi connectivity index (χ2v) is 5.79. The molecule has 6 heteroatoms. The molecular formula is C19H20N2O4. The van der Waals surface area contributed by atoms with E-state index in [1.807, 2.05) is 12.1 Å². The van der Waals surface area contributed by atoms with Gasteiger partial charge in [-0.1, -0.05) is 6.07 Å². The number of benzene rings is 2. The van der Waals surface area contributed by atoms with Crippen LogP contribution in [0, 0.1) is 0 Å². The van der Waals surface area contributed by atoms with Crippen molar-refractivity contribution >= 4 is 23.2 Å². The van der Waals surface area contributed by atoms with Gasteiger partial charge in [0.05, 0.1) is 14.2 Å². The van der Waals surface area contributed by atoms with Crippen molar-refractivity contribution in [2.75, 3.05) is 31.5 Å². The number of amides is 2. The summed E-state index contributed by atoms with van der Waals surface area (Å²) in [5.74, 6) is 0.679. The smallest absolute Gasteiger partial charge is 0.263 e. The molecule has 1 N–H and O–H groups in total. The average molecular weight is 340 g/mol. The summed E-state index contributed by atoms with van der Waals surface area (Å²) in [5.41, 5.74) is 2.92. The molecule has 0 saturated carbocycles. The first-order chi connectivity index (χ1) is 12.0. The van der Waals surface area contributed by atoms with Crippen molar-refractivity contribution in [2.45, 2.75) is 12.8 Å². The van der Waals surface area contributed by atoms with Crippen LogP contribution in [0.2, 0.25) is 0 Å². The van der Waals surface area contributed by atoms with Gasteiger partial charge in [0.2, 0.25) is 5.91 Å². The third kappa shape index (κ3) is 3.15. The molecule has 1 heterocycles. The van der Waals surface area contributed by atoms with Crippen LogP contribution in [0.1, 0.15) is 22.3 Å². The molecule has 0 aromatic heterocycles. The SMILES string of the molecule is COc1cccc(OC)c1C(=O)Nc1ccc2c(c1)CCC(=O)N2C. The van der Waals surface area contributed by atoms with Gasteiger partial charge >= 0.3 is 0 Å². The largest absolute Gasteiger partial charge is 0.496 e. The Morgan fingerprint density at radius 3 is 2.40 bits per heavy atom. The lowest BCUT2D eigenvalue weighted by Crippen LogP contribution is -2.31. The maximum absolute atomic E-state index is 12.7. The van der Waals surface area contributed by atoms with Crippen LogP contribution in [0.4, 0.5) is 11.4 Å². The average Bonchev–Trinajstić information content (AvgIpc) is 2.64. The fourth-order valence-electron chi connectivity index (χ4n) is 3.00. The number of nitrogens with one attached hydrogen (secondary N) is 1. The van der Waals surface area contributed by atoms with E-state index in [9.17, 15) is 9.59 Å². The van der Waals surface area contributed by atoms with Gasteiger partial charge < -0.3 is 19.7 Å². The summed E-state index contributed by atoms with van der Waals surface area (Å²) < 4.78 is 10.6. The number of rotatable bonds is 4. The summed E-state index contributed by atoms with van der Waals surface area (Å²) >= 11 is 0. The van der Waals surface area contributed by atoms with Gasteiger partial charge in [-0.05, 0) is 42.3 Å². The molecule has 1 aliphatic heterocycles. The Kier molecular flexibility index (Phi) is 4.61. The highest BCUT2D eigenvalue weighted by atomic mass is 16.5. The van der Waals surface area contributed by atoms with Crippen LogP contribution in [0.25, 0.3) is 0 Å². The predicted molar refractivity (Wildman–Crippen MR) is 95.7 cm³/mol. The zero-order valence-corrected chi connectivity index (χ0v) is 14.5. The van der Waals surface area contributed by atoms with Crippen LogP contribution >= 0.6 is 0 Å². The van der Waals surface area contributed by atoms with Crippen LogP contribution in [-0.2, 0) is 11.2 Å². The van der Waals surface area contributed by atoms with Gasteiger partial charge in [-0.3, -0.25) is 9.59 Å². The number of ether oxygens (including phenoxy) is 2. The second-order valence-electron chi connectivity index (χ2n) is 5.79. The van der Waals surface area contributed by atoms with E-state index in [-0.39, 0.29) is 11.8 Å². The topological polar surface area (TPSA) is 67.9 Å². The summed E-state index contributed by atoms with van der Waals surface area (Å²) in [6.45, 7) is 0. The predicted octanol–water partition coefficient (Wildman–Crippen LogP) is 2.87. The quantitative estimate of drug-likeness (QED) is 0.929. The minimum Gasteiger partial charge on any atom is -0.496 e. The van der Waals surface area contributed by atoms with E-state index >= 15 is 0 Å². The summed E-state index contributed by atoms with van der Waals surface area (Å²) in [5, 5.41) is 2.88. The molecule has 3 rings (SSSR count). The van der Waals surface area contributed by atoms with E-state index in [4.69, 9.17) is 9.47 Å². The number of methoxy groups -OCH3 is 2. The minimum absolute atomic E-state index is 0.100. The number of fused-ring (bicyclic) bond motifs is 1. The molecular weight excluding hydrogens is 320 g/mol. The Morgan fingerprint density at radius 1 is 1.08 bits per heavy atom. The van der Waals surface area contributed by atoms with Crippen molar-refractivity contribution < 1.29 is 19.1 Å². The van der Waals surface area contributed by atoms with Crippen LogP contribution in [0.3, 0.4) is 0 Å². The van der Waals surface area contributed by atoms with Crippen LogP contribution < -0.4 is 19.7 Å². The number of anilines is 2. The molecule has 130 valence electrons. The zero-order chi connectivity index (χ0) is 18.0. The van der Waals surface area contributed by atoms with Gasteiger partial charge in [-0.2, -0.15) is 0 Å². The Bertz CT molecular complexity index is 810. The first kappa shape index (κ1) is 16.8. The highest BCUT2D eigenvalue weighted by Gasteiger charge is 2.22. The molecule has 2 amide bonds. The molecule has 0 atom stereocenters. The van der Waals surface area contributed by atoms with E-state index < -0.39 is 0 Å². The molecule has 1 aliphatic rings. The maximum atomic E-state index is 12.7. The van der Waals surface area contributed by atoms with Crippen molar-refractivity contribution in [3.63, 3.8) is 0 Å². The first-order valence-electron chi connectivity index (χ1n) is 7.97. The Hall–Kier alpha value is -3.02. The van der Waals surface area contributed by atoms with Gasteiger partial charge in [-0.25, -0.2) is 0 Å². The van der Waals surface area contributed by atoms with Crippen molar-refractivity contribution in [1.82, 2.24) is 0 Å². The lowest BCUT2D eigenvalue weighted by molar-refractivity contribution is -0.118. The Labute approximate surface area is 146 Å². The second kappa shape index (κ2) is 6.84. The fourth-order valence-corrected chi connectivity index (χ4v) is 3.00. The monoisotopic (exact) mass is 340 g/mol. The Balaban J connectivity index is 1.89. The van der Waals surface area contributed by atoms with Crippen molar-refractivity contribution in [3.05, 3.63) is 47.5 Å². The number of nitrogens with zero attached hydrogens (tertiary/aromatic N) is 1. The normalized spacial score (nSPS) is 13.2. The molecule has 0 fully saturated rings. The van der Waals surface area contributed by atoms with Gasteiger partial charge in [0.25, 0.3) is 5.91 Å². The number of carbonyl (C=O) groups excluding carboxylic acids is 2. The minimum atomic E-state index is -0.311. The molecule has 0 bridgehead atoms. The number of aryl methyl sites for hydroxylation is 1. The molecule has 6 nitrogen and oxygen atoms in total. The zero-order valence-electron chi connectivity index (χ0n) is 14.5. The number of carbonyl (C=O) groups is 2. The van der Waals surface area contributed by atoms with Gasteiger partial charge in [-0.15, -0.1) is 0 Å². The van der Waals surface area contributed by atoms with E-state index in [1.165, 1.54) is 14.2 Å². The molecule has 25 heavy (non-hydrogen) atoms. The van der Waals surface area contributed by atoms with Crippen molar-refractivity contribution in [1.29, 1.82) is 0 Å². The number of hydrogen-bond acceptors (Lipinski definition) is 4. The van der Waals surface area contributed by atoms with Gasteiger partial charge in [0, 0.05) is 24.8 Å². The van der Waals surface area contributed by atoms with E-state index in [2.05, 4.69) is 5.32 Å². The molecule has 0 saturated heterocycles. The summed E-state index contributed by atoms with van der Waals surface area (Å²) in [6.07, 6.45) is 1.14. The third-order valence-corrected chi connectivity index (χ3v) is 4.34. The molecule has 2 aromatic rings. The summed E-state index contributed by atoms with van der Waals surface area (Å²) in [7, 11) is 4.78. The fraction of sp³-hybridized carbons (Fsp3) is 0.263. The lowest BCUT2D eigenvalue weighted by atomic mass is 10.0. The summed E-state index contributed by atoms with van der Waals surface area (Å²) in [4.78, 5) is 26.1. The maximum Gasteiger partial charge on any atom is 0.263 e. The Morgan fingerprint density at radius 2 is 1.76 bits per heavy atom. The van der Waals surface area contributed by atoms with Crippen LogP contribution in [0.5, 0.6) is 11.5 Å². The van der Waals surface area contributed by atoms with E-state index in [1.54, 1.807) is 36.2 Å². The molecule has 0 unspecified atom stereocenters. The first-order valence-corrected chi connectivity index (χ1v) is 7.97. The summed E-state index contributed by atoms with van der Waals surface area (Å²) in [6, 6.07) is 10.7. The highest BCUT2D eigenvalue weighted by molar-refractivity contribution is 6.08. The number of hydrogen-bond donors (Lipinski definition) is 1. The van der Waals surface area contributed by atoms with E-state index in [0.29, 0.717) is 35.6 Å². The van der Waals surface area contributed by atoms with Gasteiger partial charge in [0.15, 0.2) is 0 Å². The van der Waals surface area contributed by atoms with Crippen LogP contribution in [-0.4, -0.2) is 33.1 Å². The molecule has 0 radical (unpaired) electrons. The van der Waals surface area contributed by atoms with Gasteiger partial charge in [0.1, 0.15) is 17.1 Å². The standard InChI is InChI=1S/C19H20N2O4/c1-21-14-9-8-13(11-12(14)7-10-17(21)22)20-19(23)18-15(24-2)5-4-6-16(18)25-3/h4-6,8-9,11H,7,10H2,1-3H3,(H,20,23). The highest BCUT2D eigenvalue weighted by Crippen LogP contribution is 2.31. The van der Waals surface area contributed by atoms with Crippen LogP contribution in [0.15, 0.2) is 36.4 Å². The molecule has 2 aromatic carbocycles.